The van der Waals surface area contributed by atoms with Crippen LogP contribution in [-0.4, -0.2) is 17.9 Å². The quantitative estimate of drug-likeness (QED) is 0.845. The van der Waals surface area contributed by atoms with Crippen molar-refractivity contribution in [1.82, 2.24) is 5.32 Å². The molecule has 2 saturated carbocycles. The normalized spacial score (nSPS) is 23.4. The van der Waals surface area contributed by atoms with Crippen LogP contribution in [0, 0.1) is 18.8 Å². The number of aryl methyl sites for hydroxylation is 1. The minimum absolute atomic E-state index is 0.0181. The van der Waals surface area contributed by atoms with Crippen molar-refractivity contribution >= 4 is 17.5 Å². The zero-order valence-electron chi connectivity index (χ0n) is 15.6. The van der Waals surface area contributed by atoms with Crippen LogP contribution in [0.2, 0.25) is 0 Å². The lowest BCUT2D eigenvalue weighted by Crippen LogP contribution is -2.36. The summed E-state index contributed by atoms with van der Waals surface area (Å²) < 4.78 is 0. The molecule has 4 nitrogen and oxygen atoms in total. The molecule has 1 aromatic rings. The summed E-state index contributed by atoms with van der Waals surface area (Å²) in [7, 11) is 0. The number of amides is 2. The van der Waals surface area contributed by atoms with Crippen molar-refractivity contribution in [2.75, 3.05) is 5.32 Å². The maximum Gasteiger partial charge on any atom is 0.227 e. The predicted octanol–water partition coefficient (Wildman–Crippen LogP) is 4.14. The summed E-state index contributed by atoms with van der Waals surface area (Å²) in [5, 5.41) is 6.27. The molecule has 0 unspecified atom stereocenters. The van der Waals surface area contributed by atoms with Crippen LogP contribution in [0.25, 0.3) is 0 Å². The minimum atomic E-state index is 0.0181. The molecule has 3 rings (SSSR count). The van der Waals surface area contributed by atoms with Crippen molar-refractivity contribution in [2.24, 2.45) is 11.8 Å². The Labute approximate surface area is 150 Å². The summed E-state index contributed by atoms with van der Waals surface area (Å²) in [5.41, 5.74) is 3.26. The van der Waals surface area contributed by atoms with E-state index in [9.17, 15) is 9.59 Å². The lowest BCUT2D eigenvalue weighted by molar-refractivity contribution is -0.128. The first-order chi connectivity index (χ1) is 12.0. The first-order valence-corrected chi connectivity index (χ1v) is 9.66. The van der Waals surface area contributed by atoms with E-state index in [1.165, 1.54) is 5.56 Å². The average molecular weight is 342 g/mol. The van der Waals surface area contributed by atoms with Crippen LogP contribution in [0.4, 0.5) is 5.69 Å². The molecule has 0 aliphatic heterocycles. The van der Waals surface area contributed by atoms with Gasteiger partial charge in [-0.05, 0) is 62.5 Å². The number of nitrogens with one attached hydrogen (secondary N) is 2. The second kappa shape index (κ2) is 7.59. The zero-order valence-corrected chi connectivity index (χ0v) is 15.6. The van der Waals surface area contributed by atoms with Gasteiger partial charge in [0.15, 0.2) is 0 Å². The molecule has 2 aliphatic carbocycles. The van der Waals surface area contributed by atoms with E-state index in [4.69, 9.17) is 0 Å². The predicted molar refractivity (Wildman–Crippen MR) is 101 cm³/mol. The van der Waals surface area contributed by atoms with Crippen LogP contribution >= 0.6 is 0 Å². The fourth-order valence-corrected chi connectivity index (χ4v) is 3.73. The Hall–Kier alpha value is -1.84. The van der Waals surface area contributed by atoms with Crippen molar-refractivity contribution in [2.45, 2.75) is 71.3 Å². The van der Waals surface area contributed by atoms with Gasteiger partial charge in [-0.2, -0.15) is 0 Å². The number of hydrogen-bond acceptors (Lipinski definition) is 2. The highest BCUT2D eigenvalue weighted by atomic mass is 16.2. The summed E-state index contributed by atoms with van der Waals surface area (Å²) in [6.45, 7) is 6.34. The molecule has 25 heavy (non-hydrogen) atoms. The van der Waals surface area contributed by atoms with Crippen molar-refractivity contribution in [3.8, 4) is 0 Å². The van der Waals surface area contributed by atoms with E-state index in [0.29, 0.717) is 12.0 Å². The summed E-state index contributed by atoms with van der Waals surface area (Å²) in [6.07, 6.45) is 5.49. The van der Waals surface area contributed by atoms with Crippen LogP contribution in [-0.2, 0) is 9.59 Å². The van der Waals surface area contributed by atoms with Crippen molar-refractivity contribution < 1.29 is 9.59 Å². The Morgan fingerprint density at radius 3 is 2.12 bits per heavy atom. The molecule has 2 amide bonds. The molecule has 2 fully saturated rings. The fraction of sp³-hybridized carbons (Fsp3) is 0.619. The third-order valence-corrected chi connectivity index (χ3v) is 5.57. The molecular weight excluding hydrogens is 312 g/mol. The molecule has 1 aromatic carbocycles. The summed E-state index contributed by atoms with van der Waals surface area (Å²) in [4.78, 5) is 24.9. The maximum atomic E-state index is 12.7. The molecule has 2 aliphatic rings. The Morgan fingerprint density at radius 1 is 0.960 bits per heavy atom. The Morgan fingerprint density at radius 2 is 1.56 bits per heavy atom. The Balaban J connectivity index is 1.57. The van der Waals surface area contributed by atoms with E-state index < -0.39 is 0 Å². The van der Waals surface area contributed by atoms with E-state index in [2.05, 4.69) is 30.5 Å². The lowest BCUT2D eigenvalue weighted by Gasteiger charge is -2.28. The van der Waals surface area contributed by atoms with Gasteiger partial charge in [-0.25, -0.2) is 0 Å². The Kier molecular flexibility index (Phi) is 5.45. The van der Waals surface area contributed by atoms with Crippen molar-refractivity contribution in [3.05, 3.63) is 29.3 Å². The van der Waals surface area contributed by atoms with E-state index in [1.807, 2.05) is 19.1 Å². The van der Waals surface area contributed by atoms with Gasteiger partial charge >= 0.3 is 0 Å². The van der Waals surface area contributed by atoms with Crippen LogP contribution in [0.15, 0.2) is 18.2 Å². The SMILES string of the molecule is Cc1cccc(C(C)C)c1NC(=O)C1CCC(C(=O)NC2CC2)CC1. The molecule has 0 radical (unpaired) electrons. The standard InChI is InChI=1S/C21H30N2O2/c1-13(2)18-6-4-5-14(3)19(18)23-21(25)16-9-7-15(8-10-16)20(24)22-17-11-12-17/h4-6,13,15-17H,7-12H2,1-3H3,(H,22,24)(H,23,25). The van der Waals surface area contributed by atoms with E-state index in [0.717, 1.165) is 49.8 Å². The number of para-hydroxylation sites is 1. The highest BCUT2D eigenvalue weighted by Gasteiger charge is 2.32. The van der Waals surface area contributed by atoms with Gasteiger partial charge < -0.3 is 10.6 Å². The molecule has 0 aromatic heterocycles. The highest BCUT2D eigenvalue weighted by molar-refractivity contribution is 5.94. The summed E-state index contributed by atoms with van der Waals surface area (Å²) >= 11 is 0. The molecule has 0 bridgehead atoms. The van der Waals surface area contributed by atoms with Crippen molar-refractivity contribution in [1.29, 1.82) is 0 Å². The molecule has 2 N–H and O–H groups in total. The van der Waals surface area contributed by atoms with Crippen molar-refractivity contribution in [3.63, 3.8) is 0 Å². The fourth-order valence-electron chi connectivity index (χ4n) is 3.73. The van der Waals surface area contributed by atoms with Gasteiger partial charge in [-0.3, -0.25) is 9.59 Å². The second-order valence-corrected chi connectivity index (χ2v) is 8.01. The summed E-state index contributed by atoms with van der Waals surface area (Å²) in [5.74, 6) is 0.788. The largest absolute Gasteiger partial charge is 0.353 e. The van der Waals surface area contributed by atoms with Gasteiger partial charge in [0, 0.05) is 23.6 Å². The molecule has 4 heteroatoms. The number of anilines is 1. The number of benzene rings is 1. The second-order valence-electron chi connectivity index (χ2n) is 8.01. The summed E-state index contributed by atoms with van der Waals surface area (Å²) in [6, 6.07) is 6.60. The van der Waals surface area contributed by atoms with Gasteiger partial charge in [0.1, 0.15) is 0 Å². The van der Waals surface area contributed by atoms with Crippen LogP contribution in [0.3, 0.4) is 0 Å². The number of rotatable bonds is 5. The van der Waals surface area contributed by atoms with Gasteiger partial charge in [0.25, 0.3) is 0 Å². The third-order valence-electron chi connectivity index (χ3n) is 5.57. The number of hydrogen-bond donors (Lipinski definition) is 2. The van der Waals surface area contributed by atoms with Crippen LogP contribution in [0.1, 0.15) is 69.4 Å². The smallest absolute Gasteiger partial charge is 0.227 e. The minimum Gasteiger partial charge on any atom is -0.353 e. The average Bonchev–Trinajstić information content (AvgIpc) is 3.40. The van der Waals surface area contributed by atoms with Gasteiger partial charge in [-0.15, -0.1) is 0 Å². The zero-order chi connectivity index (χ0) is 18.0. The first kappa shape index (κ1) is 18.0. The van der Waals surface area contributed by atoms with E-state index >= 15 is 0 Å². The van der Waals surface area contributed by atoms with E-state index in [1.54, 1.807) is 0 Å². The lowest BCUT2D eigenvalue weighted by atomic mass is 9.81. The molecule has 0 saturated heterocycles. The first-order valence-electron chi connectivity index (χ1n) is 9.66. The molecule has 0 spiro atoms. The van der Waals surface area contributed by atoms with Crippen LogP contribution < -0.4 is 10.6 Å². The molecule has 0 heterocycles. The third kappa shape index (κ3) is 4.42. The van der Waals surface area contributed by atoms with Gasteiger partial charge in [0.2, 0.25) is 11.8 Å². The highest BCUT2D eigenvalue weighted by Crippen LogP contribution is 2.33. The molecule has 0 atom stereocenters. The van der Waals surface area contributed by atoms with Gasteiger partial charge in [-0.1, -0.05) is 32.0 Å². The van der Waals surface area contributed by atoms with E-state index in [-0.39, 0.29) is 23.7 Å². The number of carbonyl (C=O) groups is 2. The topological polar surface area (TPSA) is 58.2 Å². The monoisotopic (exact) mass is 342 g/mol. The van der Waals surface area contributed by atoms with Crippen LogP contribution in [0.5, 0.6) is 0 Å². The van der Waals surface area contributed by atoms with Gasteiger partial charge in [0.05, 0.1) is 0 Å². The molecule has 136 valence electrons. The number of carbonyl (C=O) groups excluding carboxylic acids is 2. The maximum absolute atomic E-state index is 12.7. The molecular formula is C21H30N2O2. The Bertz CT molecular complexity index is 641.